The number of sulfone groups is 1. The second-order valence-corrected chi connectivity index (χ2v) is 5.46. The summed E-state index contributed by atoms with van der Waals surface area (Å²) in [6.45, 7) is 0. The van der Waals surface area contributed by atoms with Gasteiger partial charge in [0.2, 0.25) is 9.84 Å². The quantitative estimate of drug-likeness (QED) is 0.632. The zero-order valence-corrected chi connectivity index (χ0v) is 10.8. The molecule has 0 bridgehead atoms. The van der Waals surface area contributed by atoms with E-state index in [1.54, 1.807) is 18.2 Å². The van der Waals surface area contributed by atoms with E-state index in [1.165, 1.54) is 13.2 Å². The largest absolute Gasteiger partial charge is 0.466 e. The molecule has 0 aliphatic rings. The van der Waals surface area contributed by atoms with Crippen molar-refractivity contribution >= 4 is 31.7 Å². The van der Waals surface area contributed by atoms with Gasteiger partial charge in [0.25, 0.3) is 0 Å². The average Bonchev–Trinajstić information content (AvgIpc) is 2.26. The van der Waals surface area contributed by atoms with Gasteiger partial charge in [-0.25, -0.2) is 13.2 Å². The smallest absolute Gasteiger partial charge is 0.331 e. The molecule has 1 aromatic rings. The lowest BCUT2D eigenvalue weighted by Crippen LogP contribution is -2.00. The molecule has 0 fully saturated rings. The van der Waals surface area contributed by atoms with Gasteiger partial charge >= 0.3 is 5.97 Å². The summed E-state index contributed by atoms with van der Waals surface area (Å²) >= 11 is 3.13. The van der Waals surface area contributed by atoms with Gasteiger partial charge in [0.15, 0.2) is 0 Å². The van der Waals surface area contributed by atoms with Gasteiger partial charge < -0.3 is 4.74 Å². The first-order valence-electron chi connectivity index (χ1n) is 4.23. The van der Waals surface area contributed by atoms with Gasteiger partial charge in [0.1, 0.15) is 0 Å². The first kappa shape index (κ1) is 12.9. The van der Waals surface area contributed by atoms with Crippen molar-refractivity contribution in [3.8, 4) is 0 Å². The SMILES string of the molecule is COC(=O)/C=C/S(=O)(=O)c1ccccc1Br. The summed E-state index contributed by atoms with van der Waals surface area (Å²) in [4.78, 5) is 10.9. The molecule has 6 heteroatoms. The molecular weight excluding hydrogens is 296 g/mol. The molecule has 1 rings (SSSR count). The Morgan fingerprint density at radius 2 is 2.00 bits per heavy atom. The number of carbonyl (C=O) groups is 1. The van der Waals surface area contributed by atoms with E-state index < -0.39 is 15.8 Å². The zero-order chi connectivity index (χ0) is 12.2. The lowest BCUT2D eigenvalue weighted by molar-refractivity contribution is -0.134. The molecule has 0 unspecified atom stereocenters. The van der Waals surface area contributed by atoms with E-state index in [4.69, 9.17) is 0 Å². The fraction of sp³-hybridized carbons (Fsp3) is 0.100. The Morgan fingerprint density at radius 3 is 2.56 bits per heavy atom. The second kappa shape index (κ2) is 5.27. The minimum absolute atomic E-state index is 0.107. The summed E-state index contributed by atoms with van der Waals surface area (Å²) in [5.74, 6) is -0.712. The molecule has 16 heavy (non-hydrogen) atoms. The van der Waals surface area contributed by atoms with Crippen LogP contribution in [-0.2, 0) is 19.4 Å². The molecule has 4 nitrogen and oxygen atoms in total. The molecule has 0 aliphatic carbocycles. The van der Waals surface area contributed by atoms with Crippen LogP contribution in [0, 0.1) is 0 Å². The molecular formula is C10H9BrO4S. The van der Waals surface area contributed by atoms with Crippen molar-refractivity contribution in [3.05, 3.63) is 40.2 Å². The normalized spacial score (nSPS) is 11.6. The number of hydrogen-bond acceptors (Lipinski definition) is 4. The highest BCUT2D eigenvalue weighted by molar-refractivity contribution is 9.10. The van der Waals surface area contributed by atoms with Crippen LogP contribution in [0.15, 0.2) is 45.1 Å². The lowest BCUT2D eigenvalue weighted by atomic mass is 10.4. The molecule has 1 aromatic carbocycles. The topological polar surface area (TPSA) is 60.4 Å². The van der Waals surface area contributed by atoms with E-state index in [2.05, 4.69) is 20.7 Å². The molecule has 0 amide bonds. The number of ether oxygens (including phenoxy) is 1. The highest BCUT2D eigenvalue weighted by Crippen LogP contribution is 2.22. The van der Waals surface area contributed by atoms with Gasteiger partial charge in [0.05, 0.1) is 12.0 Å². The fourth-order valence-electron chi connectivity index (χ4n) is 0.962. The van der Waals surface area contributed by atoms with Gasteiger partial charge in [-0.3, -0.25) is 0 Å². The lowest BCUT2D eigenvalue weighted by Gasteiger charge is -2.01. The van der Waals surface area contributed by atoms with Gasteiger partial charge in [-0.05, 0) is 28.1 Å². The number of esters is 1. The van der Waals surface area contributed by atoms with E-state index >= 15 is 0 Å². The Bertz CT molecular complexity index is 519. The fourth-order valence-corrected chi connectivity index (χ4v) is 2.97. The van der Waals surface area contributed by atoms with Gasteiger partial charge in [0, 0.05) is 16.0 Å². The Balaban J connectivity index is 3.09. The zero-order valence-electron chi connectivity index (χ0n) is 8.38. The van der Waals surface area contributed by atoms with E-state index in [0.717, 1.165) is 11.5 Å². The first-order chi connectivity index (χ1) is 7.47. The van der Waals surface area contributed by atoms with Crippen molar-refractivity contribution in [1.82, 2.24) is 0 Å². The Kier molecular flexibility index (Phi) is 4.26. The molecule has 0 radical (unpaired) electrons. The predicted octanol–water partition coefficient (Wildman–Crippen LogP) is 1.91. The van der Waals surface area contributed by atoms with Gasteiger partial charge in [-0.1, -0.05) is 12.1 Å². The van der Waals surface area contributed by atoms with E-state index in [1.807, 2.05) is 0 Å². The van der Waals surface area contributed by atoms with Crippen LogP contribution in [0.4, 0.5) is 0 Å². The minimum atomic E-state index is -3.62. The Morgan fingerprint density at radius 1 is 1.38 bits per heavy atom. The highest BCUT2D eigenvalue weighted by Gasteiger charge is 2.14. The van der Waals surface area contributed by atoms with Gasteiger partial charge in [-0.2, -0.15) is 0 Å². The van der Waals surface area contributed by atoms with Crippen molar-refractivity contribution in [1.29, 1.82) is 0 Å². The van der Waals surface area contributed by atoms with Crippen LogP contribution in [0.5, 0.6) is 0 Å². The number of methoxy groups -OCH3 is 1. The average molecular weight is 305 g/mol. The molecule has 0 aliphatic heterocycles. The third-order valence-corrected chi connectivity index (χ3v) is 4.15. The van der Waals surface area contributed by atoms with Crippen molar-refractivity contribution in [2.45, 2.75) is 4.90 Å². The number of benzene rings is 1. The Hall–Kier alpha value is -1.14. The third kappa shape index (κ3) is 3.18. The van der Waals surface area contributed by atoms with Crippen molar-refractivity contribution in [2.75, 3.05) is 7.11 Å². The summed E-state index contributed by atoms with van der Waals surface area (Å²) in [6, 6.07) is 6.36. The van der Waals surface area contributed by atoms with E-state index in [-0.39, 0.29) is 4.90 Å². The van der Waals surface area contributed by atoms with Crippen LogP contribution in [0.3, 0.4) is 0 Å². The summed E-state index contributed by atoms with van der Waals surface area (Å²) in [5.41, 5.74) is 0. The molecule has 0 saturated carbocycles. The van der Waals surface area contributed by atoms with E-state index in [9.17, 15) is 13.2 Å². The van der Waals surface area contributed by atoms with E-state index in [0.29, 0.717) is 4.47 Å². The monoisotopic (exact) mass is 304 g/mol. The third-order valence-electron chi connectivity index (χ3n) is 1.73. The maximum atomic E-state index is 11.7. The van der Waals surface area contributed by atoms with Crippen molar-refractivity contribution in [3.63, 3.8) is 0 Å². The second-order valence-electron chi connectivity index (χ2n) is 2.80. The molecule has 0 N–H and O–H groups in total. The molecule has 0 atom stereocenters. The van der Waals surface area contributed by atoms with Crippen LogP contribution in [0.2, 0.25) is 0 Å². The van der Waals surface area contributed by atoms with Crippen LogP contribution in [-0.4, -0.2) is 21.5 Å². The maximum Gasteiger partial charge on any atom is 0.331 e. The number of carbonyl (C=O) groups excluding carboxylic acids is 1. The Labute approximate surface area is 102 Å². The molecule has 0 spiro atoms. The number of hydrogen-bond donors (Lipinski definition) is 0. The number of rotatable bonds is 3. The summed E-state index contributed by atoms with van der Waals surface area (Å²) in [6.07, 6.45) is 0.870. The highest BCUT2D eigenvalue weighted by atomic mass is 79.9. The number of halogens is 1. The first-order valence-corrected chi connectivity index (χ1v) is 6.57. The van der Waals surface area contributed by atoms with Crippen molar-refractivity contribution < 1.29 is 17.9 Å². The van der Waals surface area contributed by atoms with Crippen LogP contribution < -0.4 is 0 Å². The standard InChI is InChI=1S/C10H9BrO4S/c1-15-10(12)6-7-16(13,14)9-5-3-2-4-8(9)11/h2-7H,1H3/b7-6+. The summed E-state index contributed by atoms with van der Waals surface area (Å²) in [5, 5.41) is 0.818. The summed E-state index contributed by atoms with van der Waals surface area (Å²) < 4.78 is 28.3. The molecule has 86 valence electrons. The van der Waals surface area contributed by atoms with Crippen LogP contribution in [0.25, 0.3) is 0 Å². The molecule has 0 aromatic heterocycles. The minimum Gasteiger partial charge on any atom is -0.466 e. The summed E-state index contributed by atoms with van der Waals surface area (Å²) in [7, 11) is -2.45. The molecule has 0 heterocycles. The van der Waals surface area contributed by atoms with Crippen LogP contribution >= 0.6 is 15.9 Å². The maximum absolute atomic E-state index is 11.7. The van der Waals surface area contributed by atoms with Crippen LogP contribution in [0.1, 0.15) is 0 Å². The molecule has 0 saturated heterocycles. The van der Waals surface area contributed by atoms with Gasteiger partial charge in [-0.15, -0.1) is 0 Å². The predicted molar refractivity (Wildman–Crippen MR) is 62.5 cm³/mol. The van der Waals surface area contributed by atoms with Crippen molar-refractivity contribution in [2.24, 2.45) is 0 Å².